The largest absolute Gasteiger partial charge is 0.404 e. The Morgan fingerprint density at radius 3 is 2.23 bits per heavy atom. The van der Waals surface area contributed by atoms with E-state index in [1.807, 2.05) is 0 Å². The summed E-state index contributed by atoms with van der Waals surface area (Å²) < 4.78 is 41.5. The van der Waals surface area contributed by atoms with E-state index in [1.54, 1.807) is 0 Å². The highest BCUT2D eigenvalue weighted by Gasteiger charge is 2.49. The summed E-state index contributed by atoms with van der Waals surface area (Å²) in [5.41, 5.74) is -0.578. The van der Waals surface area contributed by atoms with E-state index >= 15 is 0 Å². The number of nitrogens with zero attached hydrogens (tertiary/aromatic N) is 3. The molecule has 0 spiro atoms. The number of amides is 1. The van der Waals surface area contributed by atoms with Gasteiger partial charge < -0.3 is 4.90 Å². The smallest absolute Gasteiger partial charge is 0.340 e. The van der Waals surface area contributed by atoms with Crippen LogP contribution in [0.4, 0.5) is 18.9 Å². The fourth-order valence-corrected chi connectivity index (χ4v) is 4.67. The van der Waals surface area contributed by atoms with Gasteiger partial charge in [-0.1, -0.05) is 25.0 Å². The zero-order valence-corrected chi connectivity index (χ0v) is 17.6. The van der Waals surface area contributed by atoms with E-state index in [0.29, 0.717) is 6.42 Å². The van der Waals surface area contributed by atoms with Crippen LogP contribution >= 0.6 is 12.4 Å². The molecule has 6 nitrogen and oxygen atoms in total. The van der Waals surface area contributed by atoms with Crippen molar-refractivity contribution in [2.24, 2.45) is 0 Å². The van der Waals surface area contributed by atoms with Crippen molar-refractivity contribution >= 4 is 24.0 Å². The van der Waals surface area contributed by atoms with Crippen LogP contribution < -0.4 is 0 Å². The highest BCUT2D eigenvalue weighted by atomic mass is 35.5. The topological polar surface area (TPSA) is 66.7 Å². The molecular formula is C20H27ClF3N3O3. The molecule has 30 heavy (non-hydrogen) atoms. The number of alkyl halides is 3. The average molecular weight is 450 g/mol. The quantitative estimate of drug-likeness (QED) is 0.489. The number of carbonyl (C=O) groups is 1. The van der Waals surface area contributed by atoms with Crippen LogP contribution in [0.3, 0.4) is 0 Å². The lowest BCUT2D eigenvalue weighted by molar-refractivity contribution is -0.384. The monoisotopic (exact) mass is 449 g/mol. The van der Waals surface area contributed by atoms with E-state index in [2.05, 4.69) is 4.90 Å². The van der Waals surface area contributed by atoms with Crippen molar-refractivity contribution in [1.29, 1.82) is 0 Å². The summed E-state index contributed by atoms with van der Waals surface area (Å²) >= 11 is 0. The van der Waals surface area contributed by atoms with Crippen molar-refractivity contribution in [1.82, 2.24) is 9.80 Å². The SMILES string of the molecule is CN(C(=O)C(c1ccc([N+](=O)[O-])cc1)C(F)(F)F)[C@@H]1CCCC[C@H]1N1CCCC1.Cl. The Bertz CT molecular complexity index is 739. The number of non-ortho nitro benzene ring substituents is 1. The number of hydrogen-bond donors (Lipinski definition) is 0. The van der Waals surface area contributed by atoms with E-state index in [9.17, 15) is 28.1 Å². The molecule has 1 aliphatic carbocycles. The number of likely N-dealkylation sites (N-methyl/N-ethyl adjacent to an activating group) is 1. The number of hydrogen-bond acceptors (Lipinski definition) is 4. The third-order valence-corrected chi connectivity index (χ3v) is 6.16. The first kappa shape index (κ1) is 24.4. The van der Waals surface area contributed by atoms with E-state index in [4.69, 9.17) is 0 Å². The van der Waals surface area contributed by atoms with E-state index in [-0.39, 0.29) is 35.7 Å². The van der Waals surface area contributed by atoms with Crippen LogP contribution in [0.2, 0.25) is 0 Å². The van der Waals surface area contributed by atoms with Gasteiger partial charge in [0, 0.05) is 31.3 Å². The molecule has 1 aliphatic heterocycles. The van der Waals surface area contributed by atoms with Gasteiger partial charge >= 0.3 is 6.18 Å². The third kappa shape index (κ3) is 5.24. The minimum Gasteiger partial charge on any atom is -0.340 e. The number of rotatable bonds is 5. The van der Waals surface area contributed by atoms with Crippen molar-refractivity contribution < 1.29 is 22.9 Å². The molecule has 0 aromatic heterocycles. The van der Waals surface area contributed by atoms with Crippen LogP contribution in [0.25, 0.3) is 0 Å². The molecule has 0 bridgehead atoms. The Hall–Kier alpha value is -1.87. The number of likely N-dealkylation sites (tertiary alicyclic amines) is 1. The van der Waals surface area contributed by atoms with E-state index in [1.165, 1.54) is 11.9 Å². The molecule has 1 aromatic rings. The zero-order chi connectivity index (χ0) is 21.2. The summed E-state index contributed by atoms with van der Waals surface area (Å²) in [6.45, 7) is 1.85. The minimum absolute atomic E-state index is 0. The van der Waals surface area contributed by atoms with Crippen molar-refractivity contribution in [2.45, 2.75) is 62.7 Å². The number of carbonyl (C=O) groups excluding carboxylic acids is 1. The number of nitro benzene ring substituents is 1. The first-order chi connectivity index (χ1) is 13.7. The van der Waals surface area contributed by atoms with Gasteiger partial charge in [0.15, 0.2) is 5.92 Å². The molecule has 10 heteroatoms. The summed E-state index contributed by atoms with van der Waals surface area (Å²) in [5.74, 6) is -3.32. The Morgan fingerprint density at radius 1 is 1.13 bits per heavy atom. The van der Waals surface area contributed by atoms with Gasteiger partial charge in [-0.05, 0) is 44.3 Å². The summed E-state index contributed by atoms with van der Waals surface area (Å²) in [5, 5.41) is 10.8. The molecule has 1 amide bonds. The molecule has 1 saturated carbocycles. The maximum Gasteiger partial charge on any atom is 0.404 e. The molecule has 168 valence electrons. The summed E-state index contributed by atoms with van der Waals surface area (Å²) in [7, 11) is 1.46. The van der Waals surface area contributed by atoms with Gasteiger partial charge in [-0.2, -0.15) is 13.2 Å². The second-order valence-electron chi connectivity index (χ2n) is 7.93. The Morgan fingerprint density at radius 2 is 1.70 bits per heavy atom. The van der Waals surface area contributed by atoms with Gasteiger partial charge in [-0.15, -0.1) is 12.4 Å². The van der Waals surface area contributed by atoms with Gasteiger partial charge in [0.1, 0.15) is 0 Å². The second kappa shape index (κ2) is 9.96. The standard InChI is InChI=1S/C20H26F3N3O3.ClH/c1-24(16-6-2-3-7-17(16)25-12-4-5-13-25)19(27)18(20(21,22)23)14-8-10-15(11-9-14)26(28)29;/h8-11,16-18H,2-7,12-13H2,1H3;1H/t16-,17-,18?;/m1./s1. The van der Waals surface area contributed by atoms with Crippen LogP contribution in [0.1, 0.15) is 50.0 Å². The highest BCUT2D eigenvalue weighted by molar-refractivity contribution is 5.85. The first-order valence-electron chi connectivity index (χ1n) is 10.0. The van der Waals surface area contributed by atoms with Crippen molar-refractivity contribution in [2.75, 3.05) is 20.1 Å². The highest BCUT2D eigenvalue weighted by Crippen LogP contribution is 2.38. The molecule has 3 atom stereocenters. The van der Waals surface area contributed by atoms with Crippen LogP contribution in [0.15, 0.2) is 24.3 Å². The number of halogens is 4. The lowest BCUT2D eigenvalue weighted by atomic mass is 9.87. The van der Waals surface area contributed by atoms with Gasteiger partial charge in [0.25, 0.3) is 5.69 Å². The van der Waals surface area contributed by atoms with Crippen LogP contribution in [0, 0.1) is 10.1 Å². The van der Waals surface area contributed by atoms with Crippen molar-refractivity contribution in [3.8, 4) is 0 Å². The summed E-state index contributed by atoms with van der Waals surface area (Å²) in [6.07, 6.45) is 0.860. The van der Waals surface area contributed by atoms with Gasteiger partial charge in [-0.3, -0.25) is 19.8 Å². The number of nitro groups is 1. The van der Waals surface area contributed by atoms with Crippen LogP contribution in [0.5, 0.6) is 0 Å². The predicted molar refractivity (Wildman–Crippen MR) is 109 cm³/mol. The molecule has 1 aromatic carbocycles. The Balaban J connectivity index is 0.00000320. The Labute approximate surface area is 180 Å². The molecule has 0 radical (unpaired) electrons. The normalized spacial score (nSPS) is 23.5. The fourth-order valence-electron chi connectivity index (χ4n) is 4.67. The maximum atomic E-state index is 13.8. The first-order valence-corrected chi connectivity index (χ1v) is 10.0. The van der Waals surface area contributed by atoms with Gasteiger partial charge in [0.05, 0.1) is 4.92 Å². The molecule has 0 N–H and O–H groups in total. The fraction of sp³-hybridized carbons (Fsp3) is 0.650. The molecule has 1 saturated heterocycles. The van der Waals surface area contributed by atoms with Crippen LogP contribution in [-0.2, 0) is 4.79 Å². The molecule has 2 aliphatic rings. The van der Waals surface area contributed by atoms with Crippen molar-refractivity contribution in [3.05, 3.63) is 39.9 Å². The molecule has 2 fully saturated rings. The molecule has 3 rings (SSSR count). The van der Waals surface area contributed by atoms with Gasteiger partial charge in [-0.25, -0.2) is 0 Å². The lowest BCUT2D eigenvalue weighted by Gasteiger charge is -2.43. The number of benzene rings is 1. The molecule has 1 unspecified atom stereocenters. The predicted octanol–water partition coefficient (Wildman–Crippen LogP) is 4.53. The molecular weight excluding hydrogens is 423 g/mol. The van der Waals surface area contributed by atoms with E-state index < -0.39 is 22.9 Å². The van der Waals surface area contributed by atoms with Crippen molar-refractivity contribution in [3.63, 3.8) is 0 Å². The summed E-state index contributed by atoms with van der Waals surface area (Å²) in [6, 6.07) is 3.91. The Kier molecular flexibility index (Phi) is 8.10. The minimum atomic E-state index is -4.78. The van der Waals surface area contributed by atoms with E-state index in [0.717, 1.165) is 69.5 Å². The molecule has 1 heterocycles. The zero-order valence-electron chi connectivity index (χ0n) is 16.8. The third-order valence-electron chi connectivity index (χ3n) is 6.16. The van der Waals surface area contributed by atoms with Gasteiger partial charge in [0.2, 0.25) is 5.91 Å². The second-order valence-corrected chi connectivity index (χ2v) is 7.93. The maximum absolute atomic E-state index is 13.8. The lowest BCUT2D eigenvalue weighted by Crippen LogP contribution is -2.55. The van der Waals surface area contributed by atoms with Crippen LogP contribution in [-0.4, -0.2) is 59.0 Å². The summed E-state index contributed by atoms with van der Waals surface area (Å²) in [4.78, 5) is 26.7. The average Bonchev–Trinajstić information content (AvgIpc) is 3.21.